The van der Waals surface area contributed by atoms with E-state index < -0.39 is 9.84 Å². The molecular weight excluding hydrogens is 326 g/mol. The van der Waals surface area contributed by atoms with Gasteiger partial charge in [-0.25, -0.2) is 18.4 Å². The Morgan fingerprint density at radius 2 is 2.04 bits per heavy atom. The number of hydrogen-bond donors (Lipinski definition) is 1. The van der Waals surface area contributed by atoms with Crippen molar-refractivity contribution in [3.8, 4) is 0 Å². The molecular formula is C16H23N5O2S. The molecule has 1 N–H and O–H groups in total. The minimum atomic E-state index is -3.23. The molecule has 0 amide bonds. The zero-order valence-electron chi connectivity index (χ0n) is 14.1. The van der Waals surface area contributed by atoms with Crippen LogP contribution in [0, 0.1) is 12.8 Å². The lowest BCUT2D eigenvalue weighted by atomic mass is 9.93. The van der Waals surface area contributed by atoms with Gasteiger partial charge < -0.3 is 0 Å². The molecule has 3 rings (SSSR count). The summed E-state index contributed by atoms with van der Waals surface area (Å²) in [4.78, 5) is 11.2. The fraction of sp³-hybridized carbons (Fsp3) is 0.562. The summed E-state index contributed by atoms with van der Waals surface area (Å²) < 4.78 is 23.6. The molecule has 0 saturated carbocycles. The van der Waals surface area contributed by atoms with E-state index in [0.717, 1.165) is 49.6 Å². The Kier molecular flexibility index (Phi) is 4.96. The first-order chi connectivity index (χ1) is 11.4. The maximum absolute atomic E-state index is 11.8. The highest BCUT2D eigenvalue weighted by Crippen LogP contribution is 2.24. The van der Waals surface area contributed by atoms with Crippen molar-refractivity contribution in [3.05, 3.63) is 35.7 Å². The van der Waals surface area contributed by atoms with E-state index in [1.807, 2.05) is 19.3 Å². The van der Waals surface area contributed by atoms with Crippen molar-refractivity contribution < 1.29 is 8.42 Å². The molecule has 1 fully saturated rings. The Morgan fingerprint density at radius 1 is 1.29 bits per heavy atom. The average molecular weight is 349 g/mol. The Balaban J connectivity index is 1.64. The summed E-state index contributed by atoms with van der Waals surface area (Å²) >= 11 is 0. The highest BCUT2D eigenvalue weighted by molar-refractivity contribution is 7.90. The first-order valence-corrected chi connectivity index (χ1v) is 10.0. The average Bonchev–Trinajstić information content (AvgIpc) is 2.98. The van der Waals surface area contributed by atoms with Gasteiger partial charge in [-0.3, -0.25) is 10.00 Å². The third-order valence-electron chi connectivity index (χ3n) is 4.41. The first-order valence-electron chi connectivity index (χ1n) is 8.14. The van der Waals surface area contributed by atoms with E-state index in [-0.39, 0.29) is 0 Å². The predicted octanol–water partition coefficient (Wildman–Crippen LogP) is 1.37. The summed E-state index contributed by atoms with van der Waals surface area (Å²) in [6.45, 7) is 4.70. The van der Waals surface area contributed by atoms with Crippen LogP contribution in [-0.2, 0) is 22.8 Å². The Labute approximate surface area is 142 Å². The zero-order valence-corrected chi connectivity index (χ0v) is 14.9. The first kappa shape index (κ1) is 17.0. The summed E-state index contributed by atoms with van der Waals surface area (Å²) in [6.07, 6.45) is 9.32. The van der Waals surface area contributed by atoms with Crippen molar-refractivity contribution in [1.82, 2.24) is 25.1 Å². The van der Waals surface area contributed by atoms with Gasteiger partial charge in [0.2, 0.25) is 0 Å². The fourth-order valence-electron chi connectivity index (χ4n) is 3.28. The Morgan fingerprint density at radius 3 is 2.75 bits per heavy atom. The normalized spacial score (nSPS) is 19.5. The van der Waals surface area contributed by atoms with E-state index in [4.69, 9.17) is 0 Å². The lowest BCUT2D eigenvalue weighted by Gasteiger charge is -2.32. The van der Waals surface area contributed by atoms with E-state index in [1.54, 1.807) is 0 Å². The van der Waals surface area contributed by atoms with Crippen LogP contribution in [0.15, 0.2) is 23.5 Å². The van der Waals surface area contributed by atoms with E-state index in [1.165, 1.54) is 12.5 Å². The highest BCUT2D eigenvalue weighted by atomic mass is 32.2. The van der Waals surface area contributed by atoms with E-state index in [0.29, 0.717) is 17.2 Å². The van der Waals surface area contributed by atoms with Gasteiger partial charge in [-0.05, 0) is 38.6 Å². The molecule has 2 aromatic rings. The van der Waals surface area contributed by atoms with Crippen molar-refractivity contribution in [3.63, 3.8) is 0 Å². The Bertz CT molecular complexity index is 785. The molecule has 2 aromatic heterocycles. The maximum Gasteiger partial charge on any atom is 0.178 e. The van der Waals surface area contributed by atoms with E-state index in [2.05, 4.69) is 25.1 Å². The van der Waals surface area contributed by atoms with Crippen molar-refractivity contribution in [2.45, 2.75) is 37.6 Å². The summed E-state index contributed by atoms with van der Waals surface area (Å²) in [5, 5.41) is 6.78. The molecule has 1 aliphatic rings. The number of sulfone groups is 1. The fourth-order valence-corrected chi connectivity index (χ4v) is 4.10. The molecule has 1 atom stereocenters. The smallest absolute Gasteiger partial charge is 0.178 e. The summed E-state index contributed by atoms with van der Waals surface area (Å²) in [5.41, 5.74) is 1.84. The molecule has 0 bridgehead atoms. The highest BCUT2D eigenvalue weighted by Gasteiger charge is 2.24. The Hall–Kier alpha value is -1.80. The SMILES string of the molecule is Cc1ncc(CN2CCC[C@@H](Cc3[nH]ncc3S(C)(=O)=O)C2)cn1. The van der Waals surface area contributed by atoms with Crippen LogP contribution in [0.25, 0.3) is 0 Å². The molecule has 3 heterocycles. The minimum absolute atomic E-state index is 0.326. The van der Waals surface area contributed by atoms with Gasteiger partial charge >= 0.3 is 0 Å². The number of likely N-dealkylation sites (tertiary alicyclic amines) is 1. The molecule has 0 aromatic carbocycles. The standard InChI is InChI=1S/C16H23N5O2S/c1-12-17-7-14(8-18-12)11-21-5-3-4-13(10-21)6-15-16(9-19-20-15)24(2,22)23/h7-9,13H,3-6,10-11H2,1-2H3,(H,19,20)/t13-/m0/s1. The number of nitrogens with zero attached hydrogens (tertiary/aromatic N) is 4. The lowest BCUT2D eigenvalue weighted by molar-refractivity contribution is 0.165. The molecule has 0 radical (unpaired) electrons. The molecule has 7 nitrogen and oxygen atoms in total. The van der Waals surface area contributed by atoms with Crippen LogP contribution in [-0.4, -0.2) is 52.8 Å². The van der Waals surface area contributed by atoms with Crippen molar-refractivity contribution in [1.29, 1.82) is 0 Å². The van der Waals surface area contributed by atoms with Crippen LogP contribution in [0.1, 0.15) is 29.9 Å². The number of piperidine rings is 1. The molecule has 1 aliphatic heterocycles. The second kappa shape index (κ2) is 6.98. The van der Waals surface area contributed by atoms with Gasteiger partial charge in [0.05, 0.1) is 11.9 Å². The predicted molar refractivity (Wildman–Crippen MR) is 90.2 cm³/mol. The molecule has 1 saturated heterocycles. The molecule has 130 valence electrons. The molecule has 24 heavy (non-hydrogen) atoms. The molecule has 0 spiro atoms. The van der Waals surface area contributed by atoms with Crippen LogP contribution in [0.2, 0.25) is 0 Å². The van der Waals surface area contributed by atoms with Gasteiger partial charge in [0, 0.05) is 37.3 Å². The topological polar surface area (TPSA) is 91.8 Å². The van der Waals surface area contributed by atoms with Crippen LogP contribution in [0.3, 0.4) is 0 Å². The van der Waals surface area contributed by atoms with Crippen LogP contribution in [0.5, 0.6) is 0 Å². The summed E-state index contributed by atoms with van der Waals surface area (Å²) in [6, 6.07) is 0. The van der Waals surface area contributed by atoms with Crippen molar-refractivity contribution >= 4 is 9.84 Å². The van der Waals surface area contributed by atoms with Crippen molar-refractivity contribution in [2.75, 3.05) is 19.3 Å². The number of aromatic amines is 1. The molecule has 0 unspecified atom stereocenters. The van der Waals surface area contributed by atoms with Crippen LogP contribution in [0.4, 0.5) is 0 Å². The minimum Gasteiger partial charge on any atom is -0.299 e. The zero-order chi connectivity index (χ0) is 17.2. The number of aromatic nitrogens is 4. The number of hydrogen-bond acceptors (Lipinski definition) is 6. The third-order valence-corrected chi connectivity index (χ3v) is 5.57. The van der Waals surface area contributed by atoms with Gasteiger partial charge in [0.25, 0.3) is 0 Å². The van der Waals surface area contributed by atoms with E-state index >= 15 is 0 Å². The van der Waals surface area contributed by atoms with Crippen LogP contribution < -0.4 is 0 Å². The summed E-state index contributed by atoms with van der Waals surface area (Å²) in [5.74, 6) is 1.20. The monoisotopic (exact) mass is 349 g/mol. The maximum atomic E-state index is 11.8. The van der Waals surface area contributed by atoms with Gasteiger partial charge in [-0.15, -0.1) is 0 Å². The van der Waals surface area contributed by atoms with Gasteiger partial charge in [-0.2, -0.15) is 5.10 Å². The van der Waals surface area contributed by atoms with Crippen molar-refractivity contribution in [2.24, 2.45) is 5.92 Å². The number of H-pyrrole nitrogens is 1. The van der Waals surface area contributed by atoms with E-state index in [9.17, 15) is 8.42 Å². The number of rotatable bonds is 5. The third kappa shape index (κ3) is 4.18. The lowest BCUT2D eigenvalue weighted by Crippen LogP contribution is -2.36. The van der Waals surface area contributed by atoms with Gasteiger partial charge in [0.1, 0.15) is 10.7 Å². The molecule has 0 aliphatic carbocycles. The quantitative estimate of drug-likeness (QED) is 0.876. The number of aryl methyl sites for hydroxylation is 1. The van der Waals surface area contributed by atoms with Crippen LogP contribution >= 0.6 is 0 Å². The van der Waals surface area contributed by atoms with Gasteiger partial charge in [0.15, 0.2) is 9.84 Å². The summed E-state index contributed by atoms with van der Waals surface area (Å²) in [7, 11) is -3.23. The second-order valence-corrected chi connectivity index (χ2v) is 8.56. The van der Waals surface area contributed by atoms with Gasteiger partial charge in [-0.1, -0.05) is 0 Å². The largest absolute Gasteiger partial charge is 0.299 e. The second-order valence-electron chi connectivity index (χ2n) is 6.57. The molecule has 8 heteroatoms. The number of nitrogens with one attached hydrogen (secondary N) is 1.